The van der Waals surface area contributed by atoms with Crippen LogP contribution in [-0.2, 0) is 4.79 Å². The molecule has 3 rings (SSSR count). The smallest absolute Gasteiger partial charge is 0.223 e. The molecule has 2 N–H and O–H groups in total. The first-order valence-corrected chi connectivity index (χ1v) is 8.37. The molecule has 7 nitrogen and oxygen atoms in total. The predicted molar refractivity (Wildman–Crippen MR) is 94.9 cm³/mol. The molecular weight excluding hydrogens is 316 g/mol. The molecule has 0 atom stereocenters. The fourth-order valence-electron chi connectivity index (χ4n) is 2.80. The van der Waals surface area contributed by atoms with E-state index < -0.39 is 0 Å². The average Bonchev–Trinajstić information content (AvgIpc) is 3.06. The Morgan fingerprint density at radius 3 is 3.08 bits per heavy atom. The number of allylic oxidation sites excluding steroid dienone is 4. The molecule has 1 aromatic heterocycles. The van der Waals surface area contributed by atoms with E-state index in [2.05, 4.69) is 26.7 Å². The van der Waals surface area contributed by atoms with E-state index in [1.807, 2.05) is 23.1 Å². The van der Waals surface area contributed by atoms with Gasteiger partial charge in [-0.3, -0.25) is 4.79 Å². The zero-order chi connectivity index (χ0) is 17.5. The summed E-state index contributed by atoms with van der Waals surface area (Å²) < 4.78 is 0. The molecule has 3 heterocycles. The van der Waals surface area contributed by atoms with Crippen molar-refractivity contribution in [2.24, 2.45) is 0 Å². The third-order valence-corrected chi connectivity index (χ3v) is 4.06. The highest BCUT2D eigenvalue weighted by molar-refractivity contribution is 5.79. The summed E-state index contributed by atoms with van der Waals surface area (Å²) >= 11 is 0. The number of aromatic nitrogens is 2. The summed E-state index contributed by atoms with van der Waals surface area (Å²) in [6, 6.07) is 3.91. The van der Waals surface area contributed by atoms with Crippen molar-refractivity contribution in [3.05, 3.63) is 48.1 Å². The average molecular weight is 336 g/mol. The molecule has 1 aromatic rings. The fourth-order valence-corrected chi connectivity index (χ4v) is 2.80. The summed E-state index contributed by atoms with van der Waals surface area (Å²) in [7, 11) is 0. The molecule has 0 spiro atoms. The minimum atomic E-state index is 0.241. The number of hydrogen-bond acceptors (Lipinski definition) is 6. The van der Waals surface area contributed by atoms with Gasteiger partial charge in [-0.2, -0.15) is 5.26 Å². The van der Waals surface area contributed by atoms with Crippen molar-refractivity contribution in [1.29, 1.82) is 5.26 Å². The van der Waals surface area contributed by atoms with Crippen molar-refractivity contribution in [2.45, 2.75) is 19.3 Å². The molecule has 25 heavy (non-hydrogen) atoms. The van der Waals surface area contributed by atoms with Crippen LogP contribution in [0.5, 0.6) is 0 Å². The molecular formula is C18H20N6O. The van der Waals surface area contributed by atoms with Crippen LogP contribution >= 0.6 is 0 Å². The zero-order valence-electron chi connectivity index (χ0n) is 13.9. The number of nitriles is 1. The maximum Gasteiger partial charge on any atom is 0.223 e. The highest BCUT2D eigenvalue weighted by Gasteiger charge is 2.19. The number of likely N-dealkylation sites (tertiary alicyclic amines) is 1. The Morgan fingerprint density at radius 1 is 1.44 bits per heavy atom. The molecule has 0 bridgehead atoms. The topological polar surface area (TPSA) is 93.9 Å². The van der Waals surface area contributed by atoms with Crippen molar-refractivity contribution < 1.29 is 4.79 Å². The number of carbonyl (C=O) groups is 1. The summed E-state index contributed by atoms with van der Waals surface area (Å²) in [6.07, 6.45) is 11.4. The van der Waals surface area contributed by atoms with Crippen LogP contribution in [0.4, 0.5) is 5.95 Å². The minimum absolute atomic E-state index is 0.241. The molecule has 1 saturated heterocycles. The minimum Gasteiger partial charge on any atom is -0.361 e. The number of hydrogen-bond donors (Lipinski definition) is 2. The highest BCUT2D eigenvalue weighted by Crippen LogP contribution is 2.18. The lowest BCUT2D eigenvalue weighted by Crippen LogP contribution is -2.27. The van der Waals surface area contributed by atoms with Crippen molar-refractivity contribution in [2.75, 3.05) is 25.0 Å². The molecule has 7 heteroatoms. The van der Waals surface area contributed by atoms with E-state index in [4.69, 9.17) is 0 Å². The number of carbonyl (C=O) groups excluding carboxylic acids is 1. The van der Waals surface area contributed by atoms with E-state index in [0.29, 0.717) is 35.9 Å². The molecule has 1 fully saturated rings. The SMILES string of the molecule is N#C/C(=C1\C=CC=CN1)c1ccnc(NCCCN2CCCC2=O)n1. The summed E-state index contributed by atoms with van der Waals surface area (Å²) in [5.41, 5.74) is 1.74. The monoisotopic (exact) mass is 336 g/mol. The summed E-state index contributed by atoms with van der Waals surface area (Å²) in [6.45, 7) is 2.28. The van der Waals surface area contributed by atoms with Gasteiger partial charge in [-0.25, -0.2) is 9.97 Å². The third-order valence-electron chi connectivity index (χ3n) is 4.06. The van der Waals surface area contributed by atoms with E-state index in [0.717, 1.165) is 25.9 Å². The summed E-state index contributed by atoms with van der Waals surface area (Å²) in [5.74, 6) is 0.722. The highest BCUT2D eigenvalue weighted by atomic mass is 16.2. The number of dihydropyridines is 1. The lowest BCUT2D eigenvalue weighted by atomic mass is 10.1. The largest absolute Gasteiger partial charge is 0.361 e. The van der Waals surface area contributed by atoms with Gasteiger partial charge in [0.1, 0.15) is 11.6 Å². The van der Waals surface area contributed by atoms with Crippen LogP contribution in [0.15, 0.2) is 42.4 Å². The third kappa shape index (κ3) is 4.23. The lowest BCUT2D eigenvalue weighted by Gasteiger charge is -2.15. The van der Waals surface area contributed by atoms with Crippen LogP contribution in [0.1, 0.15) is 25.0 Å². The fraction of sp³-hybridized carbons (Fsp3) is 0.333. The van der Waals surface area contributed by atoms with E-state index in [9.17, 15) is 10.1 Å². The lowest BCUT2D eigenvalue weighted by molar-refractivity contribution is -0.127. The Balaban J connectivity index is 1.59. The number of nitrogens with zero attached hydrogens (tertiary/aromatic N) is 4. The maximum atomic E-state index is 11.6. The Kier molecular flexibility index (Phi) is 5.42. The van der Waals surface area contributed by atoms with Gasteiger partial charge < -0.3 is 15.5 Å². The maximum absolute atomic E-state index is 11.6. The molecule has 0 aromatic carbocycles. The van der Waals surface area contributed by atoms with Gasteiger partial charge in [-0.1, -0.05) is 6.08 Å². The molecule has 0 aliphatic carbocycles. The quantitative estimate of drug-likeness (QED) is 0.608. The first kappa shape index (κ1) is 16.7. The Labute approximate surface area is 146 Å². The number of nitrogens with one attached hydrogen (secondary N) is 2. The Hall–Kier alpha value is -3.14. The van der Waals surface area contributed by atoms with Crippen molar-refractivity contribution in [3.63, 3.8) is 0 Å². The Morgan fingerprint density at radius 2 is 2.36 bits per heavy atom. The molecule has 2 aliphatic rings. The first-order chi connectivity index (χ1) is 12.3. The van der Waals surface area contributed by atoms with E-state index in [1.54, 1.807) is 18.5 Å². The van der Waals surface area contributed by atoms with Gasteiger partial charge in [-0.05, 0) is 31.1 Å². The number of rotatable bonds is 6. The van der Waals surface area contributed by atoms with Gasteiger partial charge in [0.15, 0.2) is 0 Å². The van der Waals surface area contributed by atoms with Crippen LogP contribution in [0.25, 0.3) is 5.57 Å². The van der Waals surface area contributed by atoms with Gasteiger partial charge in [0.25, 0.3) is 0 Å². The number of anilines is 1. The van der Waals surface area contributed by atoms with Crippen molar-refractivity contribution >= 4 is 17.4 Å². The first-order valence-electron chi connectivity index (χ1n) is 8.37. The zero-order valence-corrected chi connectivity index (χ0v) is 13.9. The van der Waals surface area contributed by atoms with Gasteiger partial charge in [-0.15, -0.1) is 0 Å². The van der Waals surface area contributed by atoms with Gasteiger partial charge in [0.05, 0.1) is 11.4 Å². The molecule has 0 unspecified atom stereocenters. The van der Waals surface area contributed by atoms with E-state index in [1.165, 1.54) is 0 Å². The van der Waals surface area contributed by atoms with Crippen LogP contribution in [0, 0.1) is 11.3 Å². The second-order valence-corrected chi connectivity index (χ2v) is 5.79. The van der Waals surface area contributed by atoms with Crippen molar-refractivity contribution in [3.8, 4) is 6.07 Å². The number of amides is 1. The second-order valence-electron chi connectivity index (χ2n) is 5.79. The van der Waals surface area contributed by atoms with Crippen LogP contribution in [0.2, 0.25) is 0 Å². The normalized spacial score (nSPS) is 18.0. The predicted octanol–water partition coefficient (Wildman–Crippen LogP) is 1.81. The van der Waals surface area contributed by atoms with E-state index in [-0.39, 0.29) is 5.91 Å². The van der Waals surface area contributed by atoms with Crippen LogP contribution in [0.3, 0.4) is 0 Å². The molecule has 0 saturated carbocycles. The van der Waals surface area contributed by atoms with Gasteiger partial charge >= 0.3 is 0 Å². The molecule has 0 radical (unpaired) electrons. The molecule has 2 aliphatic heterocycles. The Bertz CT molecular complexity index is 774. The van der Waals surface area contributed by atoms with Crippen LogP contribution < -0.4 is 10.6 Å². The van der Waals surface area contributed by atoms with E-state index >= 15 is 0 Å². The van der Waals surface area contributed by atoms with Gasteiger partial charge in [0.2, 0.25) is 11.9 Å². The molecule has 1 amide bonds. The standard InChI is InChI=1S/C18H20N6O/c19-13-14(15-5-1-2-8-20-15)16-7-10-22-18(23-16)21-9-4-12-24-11-3-6-17(24)25/h1-2,5,7-8,10,20H,3-4,6,9,11-12H2,(H,21,22,23)/b15-14-. The van der Waals surface area contributed by atoms with Gasteiger partial charge in [0, 0.05) is 38.5 Å². The van der Waals surface area contributed by atoms with Crippen LogP contribution in [-0.4, -0.2) is 40.4 Å². The van der Waals surface area contributed by atoms with Crippen molar-refractivity contribution in [1.82, 2.24) is 20.2 Å². The summed E-state index contributed by atoms with van der Waals surface area (Å²) in [4.78, 5) is 22.1. The molecule has 128 valence electrons. The summed E-state index contributed by atoms with van der Waals surface area (Å²) in [5, 5.41) is 15.7. The second kappa shape index (κ2) is 8.11.